The zero-order valence-electron chi connectivity index (χ0n) is 26.8. The molecule has 3 heterocycles. The Morgan fingerprint density at radius 2 is 1.43 bits per heavy atom. The van der Waals surface area contributed by atoms with Crippen molar-refractivity contribution >= 4 is 59.9 Å². The molecule has 0 aliphatic heterocycles. The number of thiophene rings is 1. The van der Waals surface area contributed by atoms with Crippen LogP contribution in [0.2, 0.25) is 17.3 Å². The maximum atomic E-state index is 14.3. The van der Waals surface area contributed by atoms with Crippen LogP contribution in [0.5, 0.6) is 0 Å². The SMILES string of the molecule is Fc1ccc(-c2ccc3c(c2)sc2c(-c4cc5ccccc5cn4)[c-]ccc23)c(F)c1F.[CH3][Ge]([CH3])([CH3])[c]1ccc(-c2[c-]cccc2)nc1.[Ir]. The van der Waals surface area contributed by atoms with Crippen molar-refractivity contribution in [2.75, 3.05) is 0 Å². The zero-order chi connectivity index (χ0) is 33.4. The average Bonchev–Trinajstić information content (AvgIpc) is 3.49. The molecule has 8 heteroatoms. The summed E-state index contributed by atoms with van der Waals surface area (Å²) in [6.45, 7) is 0. The summed E-state index contributed by atoms with van der Waals surface area (Å²) in [5, 5.41) is 4.22. The van der Waals surface area contributed by atoms with E-state index in [4.69, 9.17) is 0 Å². The quantitative estimate of drug-likeness (QED) is 0.0999. The van der Waals surface area contributed by atoms with Crippen molar-refractivity contribution in [3.63, 3.8) is 0 Å². The van der Waals surface area contributed by atoms with Crippen molar-refractivity contribution < 1.29 is 33.3 Å². The molecule has 8 aromatic rings. The van der Waals surface area contributed by atoms with Gasteiger partial charge in [-0.3, -0.25) is 0 Å². The molecular formula is C41H29F3GeIrN2S-2. The number of pyridine rings is 2. The van der Waals surface area contributed by atoms with Gasteiger partial charge in [-0.1, -0.05) is 47.9 Å². The summed E-state index contributed by atoms with van der Waals surface area (Å²) in [4.78, 5) is 9.17. The molecule has 0 unspecified atom stereocenters. The largest absolute Gasteiger partial charge is 0 e. The van der Waals surface area contributed by atoms with Gasteiger partial charge in [0.05, 0.1) is 0 Å². The van der Waals surface area contributed by atoms with Crippen LogP contribution >= 0.6 is 11.3 Å². The minimum atomic E-state index is -1.72. The van der Waals surface area contributed by atoms with E-state index in [9.17, 15) is 13.2 Å². The number of hydrogen-bond donors (Lipinski definition) is 0. The molecule has 0 fully saturated rings. The minimum absolute atomic E-state index is 0. The number of nitrogens with zero attached hydrogens (tertiary/aromatic N) is 2. The molecule has 0 bridgehead atoms. The van der Waals surface area contributed by atoms with E-state index in [0.29, 0.717) is 5.56 Å². The molecule has 0 saturated carbocycles. The molecule has 1 radical (unpaired) electrons. The van der Waals surface area contributed by atoms with Crippen molar-refractivity contribution in [3.8, 4) is 33.6 Å². The Bertz CT molecular complexity index is 2420. The summed E-state index contributed by atoms with van der Waals surface area (Å²) in [5.74, 6) is 3.30. The van der Waals surface area contributed by atoms with Gasteiger partial charge in [0.2, 0.25) is 0 Å². The summed E-state index contributed by atoms with van der Waals surface area (Å²) in [5.41, 5.74) is 4.33. The van der Waals surface area contributed by atoms with Crippen LogP contribution in [-0.2, 0) is 20.1 Å². The fourth-order valence-corrected chi connectivity index (χ4v) is 9.04. The number of rotatable bonds is 4. The first-order chi connectivity index (χ1) is 23.2. The maximum absolute atomic E-state index is 14.3. The van der Waals surface area contributed by atoms with Crippen molar-refractivity contribution in [2.45, 2.75) is 17.3 Å². The average molecular weight is 904 g/mol. The van der Waals surface area contributed by atoms with Gasteiger partial charge in [0, 0.05) is 36.6 Å². The zero-order valence-corrected chi connectivity index (χ0v) is 32.1. The Labute approximate surface area is 303 Å². The molecule has 0 saturated heterocycles. The molecular weight excluding hydrogens is 874 g/mol. The molecule has 0 N–H and O–H groups in total. The molecule has 49 heavy (non-hydrogen) atoms. The molecule has 0 atom stereocenters. The van der Waals surface area contributed by atoms with Crippen LogP contribution in [0.25, 0.3) is 64.6 Å². The fraction of sp³-hybridized carbons (Fsp3) is 0.0732. The number of fused-ring (bicyclic) bond motifs is 4. The van der Waals surface area contributed by atoms with E-state index in [2.05, 4.69) is 51.5 Å². The van der Waals surface area contributed by atoms with Crippen LogP contribution in [0, 0.1) is 29.6 Å². The predicted molar refractivity (Wildman–Crippen MR) is 196 cm³/mol. The minimum Gasteiger partial charge on any atom is 0 e. The Kier molecular flexibility index (Phi) is 10.2. The van der Waals surface area contributed by atoms with Crippen LogP contribution in [0.1, 0.15) is 0 Å². The Morgan fingerprint density at radius 3 is 2.16 bits per heavy atom. The smallest absolute Gasteiger partial charge is 0 e. The third-order valence-corrected chi connectivity index (χ3v) is 13.7. The van der Waals surface area contributed by atoms with Gasteiger partial charge in [-0.05, 0) is 50.3 Å². The number of hydrogen-bond acceptors (Lipinski definition) is 3. The van der Waals surface area contributed by atoms with Crippen molar-refractivity contribution in [1.29, 1.82) is 0 Å². The number of benzene rings is 5. The van der Waals surface area contributed by atoms with Crippen LogP contribution in [-0.4, -0.2) is 23.2 Å². The first-order valence-corrected chi connectivity index (χ1v) is 23.6. The van der Waals surface area contributed by atoms with E-state index in [1.54, 1.807) is 17.4 Å². The summed E-state index contributed by atoms with van der Waals surface area (Å²) < 4.78 is 44.8. The molecule has 2 nitrogen and oxygen atoms in total. The summed E-state index contributed by atoms with van der Waals surface area (Å²) in [7, 11) is 0. The fourth-order valence-electron chi connectivity index (χ4n) is 5.62. The van der Waals surface area contributed by atoms with Gasteiger partial charge >= 0.3 is 99.8 Å². The summed E-state index contributed by atoms with van der Waals surface area (Å²) in [6, 6.07) is 40.4. The van der Waals surface area contributed by atoms with E-state index in [-0.39, 0.29) is 25.7 Å². The topological polar surface area (TPSA) is 25.8 Å². The van der Waals surface area contributed by atoms with Gasteiger partial charge in [0.1, 0.15) is 0 Å². The molecule has 0 aliphatic rings. The van der Waals surface area contributed by atoms with E-state index in [1.807, 2.05) is 91.3 Å². The predicted octanol–water partition coefficient (Wildman–Crippen LogP) is 11.2. The molecule has 0 amide bonds. The van der Waals surface area contributed by atoms with Crippen molar-refractivity contribution in [1.82, 2.24) is 9.97 Å². The van der Waals surface area contributed by atoms with Gasteiger partial charge < -0.3 is 4.98 Å². The van der Waals surface area contributed by atoms with Crippen molar-refractivity contribution in [2.24, 2.45) is 0 Å². The van der Waals surface area contributed by atoms with Crippen LogP contribution in [0.3, 0.4) is 0 Å². The first-order valence-electron chi connectivity index (χ1n) is 15.5. The molecule has 0 spiro atoms. The molecule has 5 aromatic carbocycles. The second-order valence-electron chi connectivity index (χ2n) is 12.5. The van der Waals surface area contributed by atoms with E-state index < -0.39 is 30.7 Å². The molecule has 0 aliphatic carbocycles. The number of aromatic nitrogens is 2. The molecule has 8 rings (SSSR count). The van der Waals surface area contributed by atoms with E-state index >= 15 is 0 Å². The van der Waals surface area contributed by atoms with E-state index in [1.165, 1.54) is 10.5 Å². The molecule has 245 valence electrons. The Morgan fingerprint density at radius 1 is 0.653 bits per heavy atom. The van der Waals surface area contributed by atoms with Gasteiger partial charge in [-0.15, -0.1) is 23.8 Å². The standard InChI is InChI=1S/C27H13F3NS.C14H16GeN.Ir/c28-22-11-10-18(25(29)26(22)30)16-8-9-19-20-6-3-7-21(27(20)32-24(19)13-16)23-12-15-4-1-2-5-17(15)14-31-23;1-15(2,3)13-9-10-14(16-11-13)12-7-5-4-6-8-12;/h1-6,8-14H;4-7,9-11H,1-3H3;/q2*-1;. The maximum Gasteiger partial charge on any atom is 0 e. The third-order valence-electron chi connectivity index (χ3n) is 8.28. The van der Waals surface area contributed by atoms with Gasteiger partial charge in [-0.2, -0.15) is 11.3 Å². The van der Waals surface area contributed by atoms with Crippen LogP contribution in [0.4, 0.5) is 13.2 Å². The second kappa shape index (κ2) is 14.4. The third kappa shape index (κ3) is 7.13. The normalized spacial score (nSPS) is 11.3. The first kappa shape index (κ1) is 34.7. The van der Waals surface area contributed by atoms with Gasteiger partial charge in [0.25, 0.3) is 0 Å². The Balaban J connectivity index is 0.000000208. The second-order valence-corrected chi connectivity index (χ2v) is 24.2. The Hall–Kier alpha value is -4.14. The monoisotopic (exact) mass is 905 g/mol. The van der Waals surface area contributed by atoms with Crippen LogP contribution in [0.15, 0.2) is 122 Å². The number of halogens is 3. The summed E-state index contributed by atoms with van der Waals surface area (Å²) in [6.07, 6.45) is 3.89. The van der Waals surface area contributed by atoms with Gasteiger partial charge in [0.15, 0.2) is 17.5 Å². The van der Waals surface area contributed by atoms with Gasteiger partial charge in [-0.25, -0.2) is 13.2 Å². The van der Waals surface area contributed by atoms with E-state index in [0.717, 1.165) is 59.5 Å². The summed E-state index contributed by atoms with van der Waals surface area (Å²) >= 11 is -0.167. The van der Waals surface area contributed by atoms with Crippen LogP contribution < -0.4 is 4.40 Å². The molecule has 3 aromatic heterocycles. The van der Waals surface area contributed by atoms with Crippen molar-refractivity contribution in [3.05, 3.63) is 151 Å².